The highest BCUT2D eigenvalue weighted by Gasteiger charge is 2.21. The summed E-state index contributed by atoms with van der Waals surface area (Å²) in [5.41, 5.74) is 0. The van der Waals surface area contributed by atoms with Gasteiger partial charge >= 0.3 is 0 Å². The highest BCUT2D eigenvalue weighted by atomic mass is 16.5. The molecule has 0 bridgehead atoms. The maximum Gasteiger partial charge on any atom is 0.248 e. The number of amides is 1. The molecular formula is C11H22N2O2. The largest absolute Gasteiger partial charge is 0.372 e. The van der Waals surface area contributed by atoms with Gasteiger partial charge in [0.1, 0.15) is 6.61 Å². The first kappa shape index (κ1) is 12.5. The number of nitrogens with one attached hydrogen (secondary N) is 1. The van der Waals surface area contributed by atoms with E-state index in [4.69, 9.17) is 4.74 Å². The van der Waals surface area contributed by atoms with Crippen molar-refractivity contribution in [3.63, 3.8) is 0 Å². The summed E-state index contributed by atoms with van der Waals surface area (Å²) in [5, 5.41) is 3.19. The molecule has 1 aliphatic heterocycles. The standard InChI is InChI=1S/C11H22N2O2/c1-3-15-9-11(14)13-6-4-10(5-7-13)8-12-2/h10,12H,3-9H2,1-2H3. The van der Waals surface area contributed by atoms with E-state index in [0.29, 0.717) is 6.61 Å². The Morgan fingerprint density at radius 3 is 2.67 bits per heavy atom. The second kappa shape index (κ2) is 6.80. The average molecular weight is 214 g/mol. The SMILES string of the molecule is CCOCC(=O)N1CCC(CNC)CC1. The summed E-state index contributed by atoms with van der Waals surface area (Å²) in [6, 6.07) is 0. The predicted molar refractivity (Wildman–Crippen MR) is 59.7 cm³/mol. The molecule has 0 aromatic heterocycles. The predicted octanol–water partition coefficient (Wildman–Crippen LogP) is 0.481. The Morgan fingerprint density at radius 2 is 2.13 bits per heavy atom. The van der Waals surface area contributed by atoms with Crippen molar-refractivity contribution in [1.82, 2.24) is 10.2 Å². The average Bonchev–Trinajstić information content (AvgIpc) is 2.27. The highest BCUT2D eigenvalue weighted by molar-refractivity contribution is 5.77. The number of hydrogen-bond donors (Lipinski definition) is 1. The van der Waals surface area contributed by atoms with Gasteiger partial charge in [-0.3, -0.25) is 4.79 Å². The molecule has 88 valence electrons. The number of rotatable bonds is 5. The third kappa shape index (κ3) is 4.18. The van der Waals surface area contributed by atoms with E-state index in [-0.39, 0.29) is 12.5 Å². The van der Waals surface area contributed by atoms with Gasteiger partial charge in [-0.1, -0.05) is 0 Å². The quantitative estimate of drug-likeness (QED) is 0.724. The molecule has 0 saturated carbocycles. The molecule has 1 saturated heterocycles. The van der Waals surface area contributed by atoms with Crippen molar-refractivity contribution < 1.29 is 9.53 Å². The number of hydrogen-bond acceptors (Lipinski definition) is 3. The Balaban J connectivity index is 2.21. The summed E-state index contributed by atoms with van der Waals surface area (Å²) in [6.45, 7) is 5.60. The monoisotopic (exact) mass is 214 g/mol. The van der Waals surface area contributed by atoms with E-state index < -0.39 is 0 Å². The lowest BCUT2D eigenvalue weighted by Crippen LogP contribution is -2.42. The van der Waals surface area contributed by atoms with Crippen molar-refractivity contribution in [1.29, 1.82) is 0 Å². The molecule has 1 N–H and O–H groups in total. The van der Waals surface area contributed by atoms with Gasteiger partial charge in [0.15, 0.2) is 0 Å². The molecule has 0 aromatic rings. The van der Waals surface area contributed by atoms with Crippen LogP contribution >= 0.6 is 0 Å². The zero-order chi connectivity index (χ0) is 11.1. The molecule has 0 spiro atoms. The first-order valence-electron chi connectivity index (χ1n) is 5.78. The molecule has 1 fully saturated rings. The van der Waals surface area contributed by atoms with Crippen LogP contribution in [0.15, 0.2) is 0 Å². The molecule has 0 unspecified atom stereocenters. The molecule has 4 heteroatoms. The van der Waals surface area contributed by atoms with Crippen LogP contribution in [0.5, 0.6) is 0 Å². The van der Waals surface area contributed by atoms with Gasteiger partial charge in [-0.15, -0.1) is 0 Å². The Labute approximate surface area is 92.0 Å². The summed E-state index contributed by atoms with van der Waals surface area (Å²) < 4.78 is 5.12. The van der Waals surface area contributed by atoms with Gasteiger partial charge in [0.25, 0.3) is 0 Å². The van der Waals surface area contributed by atoms with Crippen LogP contribution in [0.25, 0.3) is 0 Å². The molecule has 4 nitrogen and oxygen atoms in total. The molecule has 0 aromatic carbocycles. The van der Waals surface area contributed by atoms with Crippen molar-refractivity contribution in [3.8, 4) is 0 Å². The van der Waals surface area contributed by atoms with Crippen molar-refractivity contribution in [3.05, 3.63) is 0 Å². The van der Waals surface area contributed by atoms with Gasteiger partial charge in [0, 0.05) is 19.7 Å². The second-order valence-electron chi connectivity index (χ2n) is 4.02. The van der Waals surface area contributed by atoms with E-state index in [1.165, 1.54) is 0 Å². The number of piperidine rings is 1. The number of ether oxygens (including phenoxy) is 1. The molecule has 1 aliphatic rings. The fourth-order valence-electron chi connectivity index (χ4n) is 1.96. The smallest absolute Gasteiger partial charge is 0.248 e. The second-order valence-corrected chi connectivity index (χ2v) is 4.02. The van der Waals surface area contributed by atoms with Crippen molar-refractivity contribution in [2.24, 2.45) is 5.92 Å². The van der Waals surface area contributed by atoms with Crippen LogP contribution < -0.4 is 5.32 Å². The third-order valence-corrected chi connectivity index (χ3v) is 2.89. The Bertz CT molecular complexity index is 189. The minimum absolute atomic E-state index is 0.139. The van der Waals surface area contributed by atoms with E-state index >= 15 is 0 Å². The number of nitrogens with zero attached hydrogens (tertiary/aromatic N) is 1. The Hall–Kier alpha value is -0.610. The normalized spacial score (nSPS) is 18.1. The van der Waals surface area contributed by atoms with Crippen LogP contribution in [0.2, 0.25) is 0 Å². The summed E-state index contributed by atoms with van der Waals surface area (Å²) in [4.78, 5) is 13.5. The first-order chi connectivity index (χ1) is 7.27. The number of likely N-dealkylation sites (tertiary alicyclic amines) is 1. The summed E-state index contributed by atoms with van der Waals surface area (Å²) >= 11 is 0. The highest BCUT2D eigenvalue weighted by Crippen LogP contribution is 2.16. The Morgan fingerprint density at radius 1 is 1.47 bits per heavy atom. The molecular weight excluding hydrogens is 192 g/mol. The first-order valence-corrected chi connectivity index (χ1v) is 5.78. The lowest BCUT2D eigenvalue weighted by atomic mass is 9.97. The van der Waals surface area contributed by atoms with E-state index in [1.807, 2.05) is 18.9 Å². The maximum absolute atomic E-state index is 11.6. The van der Waals surface area contributed by atoms with Crippen molar-refractivity contribution in [2.45, 2.75) is 19.8 Å². The van der Waals surface area contributed by atoms with E-state index in [9.17, 15) is 4.79 Å². The molecule has 1 amide bonds. The van der Waals surface area contributed by atoms with Crippen LogP contribution in [-0.4, -0.2) is 50.7 Å². The van der Waals surface area contributed by atoms with E-state index in [1.54, 1.807) is 0 Å². The summed E-state index contributed by atoms with van der Waals surface area (Å²) in [5.74, 6) is 0.867. The van der Waals surface area contributed by atoms with Gasteiger partial charge < -0.3 is 15.0 Å². The number of carbonyl (C=O) groups is 1. The van der Waals surface area contributed by atoms with Gasteiger partial charge in [-0.25, -0.2) is 0 Å². The molecule has 15 heavy (non-hydrogen) atoms. The van der Waals surface area contributed by atoms with E-state index in [2.05, 4.69) is 5.32 Å². The van der Waals surface area contributed by atoms with Crippen molar-refractivity contribution >= 4 is 5.91 Å². The number of carbonyl (C=O) groups excluding carboxylic acids is 1. The van der Waals surface area contributed by atoms with Gasteiger partial charge in [-0.2, -0.15) is 0 Å². The van der Waals surface area contributed by atoms with Crippen LogP contribution in [-0.2, 0) is 9.53 Å². The lowest BCUT2D eigenvalue weighted by molar-refractivity contribution is -0.137. The van der Waals surface area contributed by atoms with Crippen LogP contribution in [0, 0.1) is 5.92 Å². The van der Waals surface area contributed by atoms with Crippen LogP contribution in [0.1, 0.15) is 19.8 Å². The molecule has 0 atom stereocenters. The van der Waals surface area contributed by atoms with Gasteiger partial charge in [-0.05, 0) is 39.3 Å². The van der Waals surface area contributed by atoms with Crippen molar-refractivity contribution in [2.75, 3.05) is 39.9 Å². The zero-order valence-electron chi connectivity index (χ0n) is 9.79. The molecule has 1 rings (SSSR count). The van der Waals surface area contributed by atoms with E-state index in [0.717, 1.165) is 38.4 Å². The van der Waals surface area contributed by atoms with Gasteiger partial charge in [0.05, 0.1) is 0 Å². The summed E-state index contributed by atoms with van der Waals surface area (Å²) in [6.07, 6.45) is 2.22. The molecule has 0 aliphatic carbocycles. The fraction of sp³-hybridized carbons (Fsp3) is 0.909. The molecule has 1 heterocycles. The van der Waals surface area contributed by atoms with Crippen LogP contribution in [0.3, 0.4) is 0 Å². The Kier molecular flexibility index (Phi) is 5.65. The van der Waals surface area contributed by atoms with Crippen LogP contribution in [0.4, 0.5) is 0 Å². The lowest BCUT2D eigenvalue weighted by Gasteiger charge is -2.31. The topological polar surface area (TPSA) is 41.6 Å². The minimum atomic E-state index is 0.139. The third-order valence-electron chi connectivity index (χ3n) is 2.89. The maximum atomic E-state index is 11.6. The zero-order valence-corrected chi connectivity index (χ0v) is 9.79. The minimum Gasteiger partial charge on any atom is -0.372 e. The van der Waals surface area contributed by atoms with Gasteiger partial charge in [0.2, 0.25) is 5.91 Å². The summed E-state index contributed by atoms with van der Waals surface area (Å²) in [7, 11) is 1.98. The fourth-order valence-corrected chi connectivity index (χ4v) is 1.96. The molecule has 0 radical (unpaired) electrons.